The van der Waals surface area contributed by atoms with Gasteiger partial charge in [-0.25, -0.2) is 17.2 Å². The van der Waals surface area contributed by atoms with Crippen LogP contribution in [0, 0.1) is 18.6 Å². The van der Waals surface area contributed by atoms with Gasteiger partial charge in [0, 0.05) is 42.4 Å². The summed E-state index contributed by atoms with van der Waals surface area (Å²) in [5, 5.41) is 7.96. The number of sulfonamides is 1. The molecule has 5 rings (SSSR count). The van der Waals surface area contributed by atoms with E-state index in [1.165, 1.54) is 49.0 Å². The molecule has 196 valence electrons. The van der Waals surface area contributed by atoms with Crippen LogP contribution >= 0.6 is 0 Å². The van der Waals surface area contributed by atoms with Crippen LogP contribution in [-0.2, 0) is 17.1 Å². The van der Waals surface area contributed by atoms with Crippen LogP contribution in [-0.4, -0.2) is 33.9 Å². The van der Waals surface area contributed by atoms with Crippen molar-refractivity contribution in [3.05, 3.63) is 70.7 Å². The van der Waals surface area contributed by atoms with Crippen LogP contribution in [0.1, 0.15) is 12.8 Å². The maximum Gasteiger partial charge on any atom is 0.293 e. The maximum atomic E-state index is 14.4. The van der Waals surface area contributed by atoms with Gasteiger partial charge >= 0.3 is 0 Å². The van der Waals surface area contributed by atoms with Gasteiger partial charge in [-0.15, -0.1) is 10.2 Å². The van der Waals surface area contributed by atoms with Gasteiger partial charge in [0.2, 0.25) is 27.2 Å². The first-order valence-corrected chi connectivity index (χ1v) is 12.8. The highest BCUT2D eigenvalue weighted by molar-refractivity contribution is 7.92. The molecule has 1 aromatic carbocycles. The molecule has 38 heavy (non-hydrogen) atoms. The van der Waals surface area contributed by atoms with E-state index < -0.39 is 33.0 Å². The Balaban J connectivity index is 1.76. The van der Waals surface area contributed by atoms with Crippen molar-refractivity contribution in [2.75, 3.05) is 10.5 Å². The standard InChI is InChI=1S/C24H19F2N5O6S/c1-4-38(33,34)30-13-5-6-19(36-22-17(25)9-27-10-18(22)26)14(7-13)16-11-31(3)24(32)21-15(16)8-20(37-21)23-29-28-12(2)35-23/h5-11,30H,4H2,1-3H3. The Morgan fingerprint density at radius 2 is 1.82 bits per heavy atom. The van der Waals surface area contributed by atoms with E-state index in [9.17, 15) is 22.0 Å². The second-order valence-electron chi connectivity index (χ2n) is 8.19. The van der Waals surface area contributed by atoms with Gasteiger partial charge < -0.3 is 18.1 Å². The highest BCUT2D eigenvalue weighted by Crippen LogP contribution is 2.41. The molecule has 0 amide bonds. The second kappa shape index (κ2) is 9.37. The zero-order chi connectivity index (χ0) is 27.2. The van der Waals surface area contributed by atoms with Crippen LogP contribution in [0.5, 0.6) is 11.5 Å². The molecule has 0 spiro atoms. The van der Waals surface area contributed by atoms with Crippen molar-refractivity contribution in [2.24, 2.45) is 7.05 Å². The third-order valence-electron chi connectivity index (χ3n) is 5.54. The molecule has 0 saturated heterocycles. The third-order valence-corrected chi connectivity index (χ3v) is 6.85. The van der Waals surface area contributed by atoms with E-state index in [0.29, 0.717) is 5.56 Å². The number of nitrogens with one attached hydrogen (secondary N) is 1. The van der Waals surface area contributed by atoms with Crippen LogP contribution in [0.4, 0.5) is 14.5 Å². The normalized spacial score (nSPS) is 11.7. The summed E-state index contributed by atoms with van der Waals surface area (Å²) in [4.78, 5) is 16.3. The number of anilines is 1. The van der Waals surface area contributed by atoms with Crippen LogP contribution < -0.4 is 15.0 Å². The first-order chi connectivity index (χ1) is 18.1. The van der Waals surface area contributed by atoms with Crippen molar-refractivity contribution >= 4 is 26.7 Å². The lowest BCUT2D eigenvalue weighted by Crippen LogP contribution is -2.16. The lowest BCUT2D eigenvalue weighted by atomic mass is 10.0. The molecule has 1 N–H and O–H groups in total. The number of aryl methyl sites for hydroxylation is 2. The highest BCUT2D eigenvalue weighted by atomic mass is 32.2. The van der Waals surface area contributed by atoms with Gasteiger partial charge in [-0.05, 0) is 31.2 Å². The Hall–Kier alpha value is -4.59. The molecule has 0 saturated carbocycles. The number of rotatable bonds is 7. The predicted molar refractivity (Wildman–Crippen MR) is 132 cm³/mol. The third kappa shape index (κ3) is 4.61. The average molecular weight is 544 g/mol. The van der Waals surface area contributed by atoms with Crippen LogP contribution in [0.3, 0.4) is 0 Å². The van der Waals surface area contributed by atoms with Gasteiger partial charge in [-0.3, -0.25) is 14.5 Å². The Kier molecular flexibility index (Phi) is 6.18. The number of furan rings is 1. The fourth-order valence-electron chi connectivity index (χ4n) is 3.70. The van der Waals surface area contributed by atoms with E-state index in [1.54, 1.807) is 6.92 Å². The van der Waals surface area contributed by atoms with Crippen molar-refractivity contribution in [1.82, 2.24) is 19.7 Å². The molecular weight excluding hydrogens is 524 g/mol. The molecule has 4 heterocycles. The minimum atomic E-state index is -3.66. The number of halogens is 2. The maximum absolute atomic E-state index is 14.4. The molecule has 0 bridgehead atoms. The number of hydrogen-bond acceptors (Lipinski definition) is 9. The van der Waals surface area contributed by atoms with Gasteiger partial charge in [0.1, 0.15) is 5.75 Å². The summed E-state index contributed by atoms with van der Waals surface area (Å²) < 4.78 is 73.7. The molecule has 11 nitrogen and oxygen atoms in total. The summed E-state index contributed by atoms with van der Waals surface area (Å²) in [6.45, 7) is 3.06. The number of fused-ring (bicyclic) bond motifs is 1. The highest BCUT2D eigenvalue weighted by Gasteiger charge is 2.23. The van der Waals surface area contributed by atoms with Crippen LogP contribution in [0.25, 0.3) is 33.7 Å². The Morgan fingerprint density at radius 1 is 1.08 bits per heavy atom. The van der Waals surface area contributed by atoms with E-state index in [1.807, 2.05) is 0 Å². The molecule has 5 aromatic rings. The molecule has 0 aliphatic carbocycles. The molecule has 0 atom stereocenters. The molecule has 14 heteroatoms. The summed E-state index contributed by atoms with van der Waals surface area (Å²) >= 11 is 0. The largest absolute Gasteiger partial charge is 0.450 e. The molecule has 0 unspecified atom stereocenters. The minimum Gasteiger partial charge on any atom is -0.450 e. The quantitative estimate of drug-likeness (QED) is 0.316. The molecule has 0 radical (unpaired) electrons. The average Bonchev–Trinajstić information content (AvgIpc) is 3.51. The Labute approximate surface area is 213 Å². The topological polar surface area (TPSA) is 142 Å². The van der Waals surface area contributed by atoms with E-state index in [-0.39, 0.29) is 51.3 Å². The molecular formula is C24H19F2N5O6S. The molecule has 0 fully saturated rings. The van der Waals surface area contributed by atoms with Crippen LogP contribution in [0.2, 0.25) is 0 Å². The molecule has 0 aliphatic heterocycles. The van der Waals surface area contributed by atoms with Gasteiger partial charge in [-0.1, -0.05) is 0 Å². The van der Waals surface area contributed by atoms with E-state index in [0.717, 1.165) is 12.4 Å². The summed E-state index contributed by atoms with van der Waals surface area (Å²) in [6.07, 6.45) is 3.05. The van der Waals surface area contributed by atoms with Crippen molar-refractivity contribution in [2.45, 2.75) is 13.8 Å². The Morgan fingerprint density at radius 3 is 2.47 bits per heavy atom. The first-order valence-electron chi connectivity index (χ1n) is 11.1. The number of nitrogens with zero attached hydrogens (tertiary/aromatic N) is 4. The van der Waals surface area contributed by atoms with Crippen molar-refractivity contribution < 1.29 is 30.8 Å². The lowest BCUT2D eigenvalue weighted by molar-refractivity contribution is 0.405. The summed E-state index contributed by atoms with van der Waals surface area (Å²) in [7, 11) is -2.18. The number of pyridine rings is 2. The van der Waals surface area contributed by atoms with Crippen molar-refractivity contribution in [1.29, 1.82) is 0 Å². The van der Waals surface area contributed by atoms with Gasteiger partial charge in [0.25, 0.3) is 11.4 Å². The SMILES string of the molecule is CCS(=O)(=O)Nc1ccc(Oc2c(F)cncc2F)c(-c2cn(C)c(=O)c3oc(-c4nnc(C)o4)cc23)c1. The smallest absolute Gasteiger partial charge is 0.293 e. The number of benzene rings is 1. The van der Waals surface area contributed by atoms with E-state index >= 15 is 0 Å². The van der Waals surface area contributed by atoms with Gasteiger partial charge in [-0.2, -0.15) is 0 Å². The Bertz CT molecular complexity index is 1840. The summed E-state index contributed by atoms with van der Waals surface area (Å²) in [5.41, 5.74) is 0.135. The summed E-state index contributed by atoms with van der Waals surface area (Å²) in [5.74, 6) is -2.60. The monoisotopic (exact) mass is 543 g/mol. The first kappa shape index (κ1) is 25.1. The zero-order valence-electron chi connectivity index (χ0n) is 20.2. The predicted octanol–water partition coefficient (Wildman–Crippen LogP) is 4.38. The molecule has 0 aliphatic rings. The fraction of sp³-hybridized carbons (Fsp3) is 0.167. The number of ether oxygens (including phenoxy) is 1. The van der Waals surface area contributed by atoms with Gasteiger partial charge in [0.15, 0.2) is 17.4 Å². The summed E-state index contributed by atoms with van der Waals surface area (Å²) in [6, 6.07) is 5.65. The lowest BCUT2D eigenvalue weighted by Gasteiger charge is -2.16. The van der Waals surface area contributed by atoms with Crippen molar-refractivity contribution in [3.63, 3.8) is 0 Å². The fourth-order valence-corrected chi connectivity index (χ4v) is 4.33. The minimum absolute atomic E-state index is 0.0357. The second-order valence-corrected chi connectivity index (χ2v) is 10.2. The zero-order valence-corrected chi connectivity index (χ0v) is 21.0. The number of aromatic nitrogens is 4. The van der Waals surface area contributed by atoms with Crippen LogP contribution in [0.15, 0.2) is 56.5 Å². The van der Waals surface area contributed by atoms with E-state index in [2.05, 4.69) is 19.9 Å². The van der Waals surface area contributed by atoms with Gasteiger partial charge in [0.05, 0.1) is 18.1 Å². The molecule has 4 aromatic heterocycles. The van der Waals surface area contributed by atoms with E-state index in [4.69, 9.17) is 13.6 Å². The van der Waals surface area contributed by atoms with Crippen molar-refractivity contribution in [3.8, 4) is 34.3 Å². The number of hydrogen-bond donors (Lipinski definition) is 1.